The third-order valence-corrected chi connectivity index (χ3v) is 1.47. The van der Waals surface area contributed by atoms with Crippen molar-refractivity contribution in [1.29, 1.82) is 0 Å². The number of hydrogen-bond donors (Lipinski definition) is 1. The third-order valence-electron chi connectivity index (χ3n) is 1.47. The van der Waals surface area contributed by atoms with Crippen LogP contribution in [0.15, 0.2) is 18.6 Å². The van der Waals surface area contributed by atoms with Crippen LogP contribution in [0.2, 0.25) is 0 Å². The fourth-order valence-electron chi connectivity index (χ4n) is 0.947. The number of rotatable bonds is 3. The van der Waals surface area contributed by atoms with Gasteiger partial charge in [-0.1, -0.05) is 0 Å². The van der Waals surface area contributed by atoms with E-state index in [1.807, 2.05) is 0 Å². The summed E-state index contributed by atoms with van der Waals surface area (Å²) in [5.74, 6) is -0.0689. The Balaban J connectivity index is 2.71. The Labute approximate surface area is 77.2 Å². The number of nitrogens with zero attached hydrogens (tertiary/aromatic N) is 2. The largest absolute Gasteiger partial charge is 0.325 e. The van der Waals surface area contributed by atoms with E-state index in [1.54, 1.807) is 13.8 Å². The monoisotopic (exact) mass is 179 g/mol. The zero-order valence-electron chi connectivity index (χ0n) is 7.82. The molecule has 13 heavy (non-hydrogen) atoms. The van der Waals surface area contributed by atoms with E-state index in [2.05, 4.69) is 9.97 Å². The molecule has 2 N–H and O–H groups in total. The molecular weight excluding hydrogens is 166 g/mol. The van der Waals surface area contributed by atoms with Crippen molar-refractivity contribution in [3.63, 3.8) is 0 Å². The Kier molecular flexibility index (Phi) is 2.72. The van der Waals surface area contributed by atoms with E-state index < -0.39 is 5.54 Å². The topological polar surface area (TPSA) is 68.9 Å². The molecule has 1 aromatic heterocycles. The third kappa shape index (κ3) is 3.29. The van der Waals surface area contributed by atoms with Crippen LogP contribution in [0.25, 0.3) is 0 Å². The van der Waals surface area contributed by atoms with E-state index in [-0.39, 0.29) is 12.2 Å². The fraction of sp³-hybridized carbons (Fsp3) is 0.444. The van der Waals surface area contributed by atoms with E-state index in [1.165, 1.54) is 18.6 Å². The molecule has 0 aliphatic rings. The highest BCUT2D eigenvalue weighted by atomic mass is 16.1. The molecule has 0 bridgehead atoms. The lowest BCUT2D eigenvalue weighted by atomic mass is 9.98. The average molecular weight is 179 g/mol. The fourth-order valence-corrected chi connectivity index (χ4v) is 0.947. The quantitative estimate of drug-likeness (QED) is 0.696. The summed E-state index contributed by atoms with van der Waals surface area (Å²) < 4.78 is 0. The molecule has 70 valence electrons. The van der Waals surface area contributed by atoms with E-state index in [0.717, 1.165) is 0 Å². The van der Waals surface area contributed by atoms with Gasteiger partial charge in [0.05, 0.1) is 6.20 Å². The molecule has 0 aromatic carbocycles. The molecule has 0 fully saturated rings. The van der Waals surface area contributed by atoms with Crippen LogP contribution in [0.5, 0.6) is 0 Å². The van der Waals surface area contributed by atoms with Crippen molar-refractivity contribution < 1.29 is 4.79 Å². The first kappa shape index (κ1) is 9.80. The van der Waals surface area contributed by atoms with Gasteiger partial charge in [-0.2, -0.15) is 0 Å². The minimum atomic E-state index is -0.491. The normalized spacial score (nSPS) is 11.3. The molecule has 0 radical (unpaired) electrons. The van der Waals surface area contributed by atoms with Crippen LogP contribution in [-0.4, -0.2) is 21.3 Å². The van der Waals surface area contributed by atoms with E-state index >= 15 is 0 Å². The highest BCUT2D eigenvalue weighted by molar-refractivity contribution is 5.94. The average Bonchev–Trinajstić information content (AvgIpc) is 2.03. The molecule has 4 nitrogen and oxygen atoms in total. The summed E-state index contributed by atoms with van der Waals surface area (Å²) >= 11 is 0. The summed E-state index contributed by atoms with van der Waals surface area (Å²) in [7, 11) is 0. The second kappa shape index (κ2) is 3.62. The van der Waals surface area contributed by atoms with Crippen LogP contribution in [0.3, 0.4) is 0 Å². The zero-order valence-corrected chi connectivity index (χ0v) is 7.82. The first-order chi connectivity index (χ1) is 5.99. The molecular formula is C9H13N3O. The van der Waals surface area contributed by atoms with Crippen molar-refractivity contribution in [1.82, 2.24) is 9.97 Å². The van der Waals surface area contributed by atoms with Gasteiger partial charge in [-0.05, 0) is 13.8 Å². The van der Waals surface area contributed by atoms with Crippen molar-refractivity contribution in [3.8, 4) is 0 Å². The minimum absolute atomic E-state index is 0.0689. The maximum atomic E-state index is 11.5. The van der Waals surface area contributed by atoms with Crippen molar-refractivity contribution in [2.45, 2.75) is 25.8 Å². The van der Waals surface area contributed by atoms with Gasteiger partial charge in [0.2, 0.25) is 0 Å². The summed E-state index contributed by atoms with van der Waals surface area (Å²) in [4.78, 5) is 19.2. The van der Waals surface area contributed by atoms with Crippen molar-refractivity contribution in [2.75, 3.05) is 0 Å². The number of carbonyl (C=O) groups is 1. The summed E-state index contributed by atoms with van der Waals surface area (Å²) in [6.45, 7) is 3.61. The Morgan fingerprint density at radius 3 is 2.69 bits per heavy atom. The van der Waals surface area contributed by atoms with E-state index in [9.17, 15) is 4.79 Å². The molecule has 1 rings (SSSR count). The number of carbonyl (C=O) groups excluding carboxylic acids is 1. The van der Waals surface area contributed by atoms with Crippen LogP contribution < -0.4 is 5.73 Å². The molecule has 0 saturated carbocycles. The second-order valence-corrected chi connectivity index (χ2v) is 3.68. The van der Waals surface area contributed by atoms with Gasteiger partial charge >= 0.3 is 0 Å². The molecule has 4 heteroatoms. The maximum Gasteiger partial charge on any atom is 0.184 e. The first-order valence-corrected chi connectivity index (χ1v) is 4.07. The van der Waals surface area contributed by atoms with Crippen molar-refractivity contribution in [2.24, 2.45) is 5.73 Å². The second-order valence-electron chi connectivity index (χ2n) is 3.68. The predicted molar refractivity (Wildman–Crippen MR) is 49.2 cm³/mol. The summed E-state index contributed by atoms with van der Waals surface area (Å²) in [6.07, 6.45) is 4.76. The van der Waals surface area contributed by atoms with Gasteiger partial charge < -0.3 is 5.73 Å². The zero-order chi connectivity index (χ0) is 9.90. The molecule has 0 atom stereocenters. The molecule has 1 heterocycles. The van der Waals surface area contributed by atoms with Crippen LogP contribution in [-0.2, 0) is 0 Å². The molecule has 0 spiro atoms. The smallest absolute Gasteiger partial charge is 0.184 e. The van der Waals surface area contributed by atoms with Gasteiger partial charge in [0.15, 0.2) is 5.78 Å². The van der Waals surface area contributed by atoms with Gasteiger partial charge in [-0.15, -0.1) is 0 Å². The Hall–Kier alpha value is -1.29. The van der Waals surface area contributed by atoms with Gasteiger partial charge in [-0.3, -0.25) is 9.78 Å². The lowest BCUT2D eigenvalue weighted by Crippen LogP contribution is -2.34. The molecule has 0 unspecified atom stereocenters. The predicted octanol–water partition coefficient (Wildman–Crippen LogP) is 0.787. The van der Waals surface area contributed by atoms with Gasteiger partial charge in [0.1, 0.15) is 5.69 Å². The highest BCUT2D eigenvalue weighted by Crippen LogP contribution is 2.08. The Bertz CT molecular complexity index is 289. The SMILES string of the molecule is CC(C)(N)CC(=O)c1cnccn1. The van der Waals surface area contributed by atoms with Gasteiger partial charge in [-0.25, -0.2) is 4.98 Å². The standard InChI is InChI=1S/C9H13N3O/c1-9(2,10)5-8(13)7-6-11-3-4-12-7/h3-4,6H,5,10H2,1-2H3. The highest BCUT2D eigenvalue weighted by Gasteiger charge is 2.18. The number of ketones is 1. The molecule has 1 aromatic rings. The van der Waals surface area contributed by atoms with Crippen LogP contribution >= 0.6 is 0 Å². The number of nitrogens with two attached hydrogens (primary N) is 1. The molecule has 0 aliphatic heterocycles. The lowest BCUT2D eigenvalue weighted by Gasteiger charge is -2.16. The number of hydrogen-bond acceptors (Lipinski definition) is 4. The Morgan fingerprint density at radius 2 is 2.23 bits per heavy atom. The minimum Gasteiger partial charge on any atom is -0.325 e. The maximum absolute atomic E-state index is 11.5. The number of aromatic nitrogens is 2. The van der Waals surface area contributed by atoms with E-state index in [0.29, 0.717) is 5.69 Å². The van der Waals surface area contributed by atoms with Crippen LogP contribution in [0.4, 0.5) is 0 Å². The van der Waals surface area contributed by atoms with Crippen LogP contribution in [0, 0.1) is 0 Å². The van der Waals surface area contributed by atoms with Crippen molar-refractivity contribution in [3.05, 3.63) is 24.3 Å². The van der Waals surface area contributed by atoms with E-state index in [4.69, 9.17) is 5.73 Å². The molecule has 0 aliphatic carbocycles. The van der Waals surface area contributed by atoms with Crippen LogP contribution in [0.1, 0.15) is 30.8 Å². The molecule has 0 amide bonds. The summed E-state index contributed by atoms with van der Waals surface area (Å²) in [5.41, 5.74) is 5.59. The number of Topliss-reactive ketones (excluding diaryl/α,β-unsaturated/α-hetero) is 1. The lowest BCUT2D eigenvalue weighted by molar-refractivity contribution is 0.0955. The molecule has 0 saturated heterocycles. The Morgan fingerprint density at radius 1 is 1.54 bits per heavy atom. The van der Waals surface area contributed by atoms with Gasteiger partial charge in [0.25, 0.3) is 0 Å². The van der Waals surface area contributed by atoms with Gasteiger partial charge in [0, 0.05) is 24.4 Å². The first-order valence-electron chi connectivity index (χ1n) is 4.07. The summed E-state index contributed by atoms with van der Waals surface area (Å²) in [6, 6.07) is 0. The summed E-state index contributed by atoms with van der Waals surface area (Å²) in [5, 5.41) is 0. The van der Waals surface area contributed by atoms with Crippen molar-refractivity contribution >= 4 is 5.78 Å².